The molecule has 4 nitrogen and oxygen atoms in total. The molecule has 2 fully saturated rings. The first-order chi connectivity index (χ1) is 11.9. The van der Waals surface area contributed by atoms with Crippen molar-refractivity contribution in [2.75, 3.05) is 6.54 Å². The lowest BCUT2D eigenvalue weighted by molar-refractivity contribution is 0.0515. The van der Waals surface area contributed by atoms with Crippen LogP contribution in [0.2, 0.25) is 0 Å². The maximum atomic E-state index is 11.8. The van der Waals surface area contributed by atoms with Crippen LogP contribution >= 0.6 is 0 Å². The Kier molecular flexibility index (Phi) is 5.67. The normalized spacial score (nSPS) is 26.4. The Balaban J connectivity index is 1.43. The highest BCUT2D eigenvalue weighted by atomic mass is 16.6. The number of nitrogens with zero attached hydrogens (tertiary/aromatic N) is 1. The summed E-state index contributed by atoms with van der Waals surface area (Å²) in [6.07, 6.45) is 5.95. The second-order valence-electron chi connectivity index (χ2n) is 8.60. The van der Waals surface area contributed by atoms with Gasteiger partial charge in [-0.05, 0) is 64.4 Å². The number of nitrogens with one attached hydrogen (secondary N) is 1. The van der Waals surface area contributed by atoms with Crippen molar-refractivity contribution in [2.45, 2.75) is 77.1 Å². The zero-order valence-electron chi connectivity index (χ0n) is 15.8. The fourth-order valence-corrected chi connectivity index (χ4v) is 4.37. The van der Waals surface area contributed by atoms with Crippen LogP contribution < -0.4 is 5.32 Å². The first-order valence-corrected chi connectivity index (χ1v) is 9.67. The van der Waals surface area contributed by atoms with E-state index in [2.05, 4.69) is 40.5 Å². The summed E-state index contributed by atoms with van der Waals surface area (Å²) in [6, 6.07) is 12.2. The van der Waals surface area contributed by atoms with Crippen LogP contribution in [0.1, 0.15) is 58.4 Å². The Bertz CT molecular complexity index is 553. The number of carbonyl (C=O) groups excluding carboxylic acids is 1. The highest BCUT2D eigenvalue weighted by Gasteiger charge is 2.40. The molecular formula is C21H32N2O2. The van der Waals surface area contributed by atoms with Gasteiger partial charge in [0.2, 0.25) is 0 Å². The van der Waals surface area contributed by atoms with E-state index < -0.39 is 5.60 Å². The van der Waals surface area contributed by atoms with E-state index in [1.165, 1.54) is 31.2 Å². The minimum absolute atomic E-state index is 0.294. The van der Waals surface area contributed by atoms with E-state index in [-0.39, 0.29) is 6.09 Å². The molecule has 2 saturated heterocycles. The molecule has 0 aliphatic carbocycles. The summed E-state index contributed by atoms with van der Waals surface area (Å²) < 4.78 is 5.31. The van der Waals surface area contributed by atoms with Gasteiger partial charge in [0.05, 0.1) is 0 Å². The smallest absolute Gasteiger partial charge is 0.407 e. The number of piperidine rings is 1. The van der Waals surface area contributed by atoms with Gasteiger partial charge in [-0.3, -0.25) is 4.90 Å². The Morgan fingerprint density at radius 1 is 1.16 bits per heavy atom. The quantitative estimate of drug-likeness (QED) is 0.864. The lowest BCUT2D eigenvalue weighted by Gasteiger charge is -2.39. The van der Waals surface area contributed by atoms with Crippen LogP contribution in [0.4, 0.5) is 4.79 Å². The summed E-state index contributed by atoms with van der Waals surface area (Å²) in [7, 11) is 0. The number of ether oxygens (including phenoxy) is 1. The molecule has 1 aromatic rings. The van der Waals surface area contributed by atoms with Gasteiger partial charge in [-0.15, -0.1) is 0 Å². The molecule has 2 heterocycles. The van der Waals surface area contributed by atoms with E-state index in [1.807, 2.05) is 20.8 Å². The average molecular weight is 344 g/mol. The number of rotatable bonds is 5. The number of alkyl carbamates (subject to hydrolysis) is 1. The predicted octanol–water partition coefficient (Wildman–Crippen LogP) is 4.34. The molecule has 2 unspecified atom stereocenters. The molecule has 0 spiro atoms. The summed E-state index contributed by atoms with van der Waals surface area (Å²) in [5.41, 5.74) is 0.996. The maximum absolute atomic E-state index is 11.8. The summed E-state index contributed by atoms with van der Waals surface area (Å²) in [5, 5.41) is 2.91. The topological polar surface area (TPSA) is 41.6 Å². The maximum Gasteiger partial charge on any atom is 0.407 e. The van der Waals surface area contributed by atoms with E-state index in [4.69, 9.17) is 4.74 Å². The van der Waals surface area contributed by atoms with Gasteiger partial charge in [0.15, 0.2) is 0 Å². The number of hydrogen-bond donors (Lipinski definition) is 1. The molecule has 2 aliphatic rings. The van der Waals surface area contributed by atoms with Crippen LogP contribution in [-0.4, -0.2) is 35.2 Å². The van der Waals surface area contributed by atoms with Crippen LogP contribution in [0.3, 0.4) is 0 Å². The van der Waals surface area contributed by atoms with Gasteiger partial charge in [0.1, 0.15) is 5.60 Å². The average Bonchev–Trinajstić information content (AvgIpc) is 2.77. The van der Waals surface area contributed by atoms with Crippen molar-refractivity contribution in [1.29, 1.82) is 0 Å². The van der Waals surface area contributed by atoms with Gasteiger partial charge in [0.25, 0.3) is 0 Å². The Hall–Kier alpha value is -1.55. The van der Waals surface area contributed by atoms with Crippen molar-refractivity contribution in [3.05, 3.63) is 35.9 Å². The monoisotopic (exact) mass is 344 g/mol. The standard InChI is InChI=1S/C21H32N2O2/c1-21(2,3)25-20(24)22-12-11-17-13-18-9-10-19(14-17)23(18)15-16-7-5-4-6-8-16/h4-8,17-19H,9-15H2,1-3H3,(H,22,24). The summed E-state index contributed by atoms with van der Waals surface area (Å²) in [6.45, 7) is 7.49. The fourth-order valence-electron chi connectivity index (χ4n) is 4.37. The van der Waals surface area contributed by atoms with Gasteiger partial charge in [-0.2, -0.15) is 0 Å². The van der Waals surface area contributed by atoms with Crippen LogP contribution in [0, 0.1) is 5.92 Å². The van der Waals surface area contributed by atoms with Crippen LogP contribution in [-0.2, 0) is 11.3 Å². The number of hydrogen-bond acceptors (Lipinski definition) is 3. The Morgan fingerprint density at radius 3 is 2.40 bits per heavy atom. The Labute approximate surface area is 151 Å². The molecule has 3 rings (SSSR count). The molecule has 1 aromatic carbocycles. The van der Waals surface area contributed by atoms with Gasteiger partial charge < -0.3 is 10.1 Å². The minimum atomic E-state index is -0.425. The molecule has 138 valence electrons. The molecule has 2 bridgehead atoms. The first kappa shape index (κ1) is 18.2. The van der Waals surface area contributed by atoms with Crippen molar-refractivity contribution in [3.8, 4) is 0 Å². The Morgan fingerprint density at radius 2 is 1.80 bits per heavy atom. The fraction of sp³-hybridized carbons (Fsp3) is 0.667. The molecule has 2 atom stereocenters. The minimum Gasteiger partial charge on any atom is -0.444 e. The molecule has 2 aliphatic heterocycles. The first-order valence-electron chi connectivity index (χ1n) is 9.67. The lowest BCUT2D eigenvalue weighted by Crippen LogP contribution is -2.43. The largest absolute Gasteiger partial charge is 0.444 e. The number of carbonyl (C=O) groups is 1. The highest BCUT2D eigenvalue weighted by molar-refractivity contribution is 5.67. The third-order valence-electron chi connectivity index (χ3n) is 5.41. The van der Waals surface area contributed by atoms with Crippen molar-refractivity contribution < 1.29 is 9.53 Å². The number of fused-ring (bicyclic) bond motifs is 2. The van der Waals surface area contributed by atoms with Crippen molar-refractivity contribution >= 4 is 6.09 Å². The van der Waals surface area contributed by atoms with Gasteiger partial charge in [-0.1, -0.05) is 30.3 Å². The van der Waals surface area contributed by atoms with Crippen molar-refractivity contribution in [2.24, 2.45) is 5.92 Å². The zero-order chi connectivity index (χ0) is 17.9. The SMILES string of the molecule is CC(C)(C)OC(=O)NCCC1CC2CCC(C1)N2Cc1ccccc1. The third kappa shape index (κ3) is 5.21. The molecule has 0 radical (unpaired) electrons. The van der Waals surface area contributed by atoms with Crippen LogP contribution in [0.15, 0.2) is 30.3 Å². The molecule has 4 heteroatoms. The molecule has 1 N–H and O–H groups in total. The van der Waals surface area contributed by atoms with E-state index in [1.54, 1.807) is 0 Å². The second kappa shape index (κ2) is 7.77. The number of benzene rings is 1. The lowest BCUT2D eigenvalue weighted by atomic mass is 9.88. The van der Waals surface area contributed by atoms with Crippen molar-refractivity contribution in [3.63, 3.8) is 0 Å². The predicted molar refractivity (Wildman–Crippen MR) is 100 cm³/mol. The summed E-state index contributed by atoms with van der Waals surface area (Å²) in [5.74, 6) is 0.722. The zero-order valence-corrected chi connectivity index (χ0v) is 15.8. The third-order valence-corrected chi connectivity index (χ3v) is 5.41. The van der Waals surface area contributed by atoms with Gasteiger partial charge in [0, 0.05) is 25.2 Å². The van der Waals surface area contributed by atoms with Crippen LogP contribution in [0.5, 0.6) is 0 Å². The molecule has 0 saturated carbocycles. The van der Waals surface area contributed by atoms with E-state index in [9.17, 15) is 4.79 Å². The molecule has 0 aromatic heterocycles. The van der Waals surface area contributed by atoms with Crippen molar-refractivity contribution in [1.82, 2.24) is 10.2 Å². The summed E-state index contributed by atoms with van der Waals surface area (Å²) in [4.78, 5) is 14.5. The highest BCUT2D eigenvalue weighted by Crippen LogP contribution is 2.40. The molecule has 1 amide bonds. The number of amides is 1. The second-order valence-corrected chi connectivity index (χ2v) is 8.60. The molecular weight excluding hydrogens is 312 g/mol. The van der Waals surface area contributed by atoms with Gasteiger partial charge in [-0.25, -0.2) is 4.79 Å². The van der Waals surface area contributed by atoms with E-state index >= 15 is 0 Å². The molecule has 25 heavy (non-hydrogen) atoms. The summed E-state index contributed by atoms with van der Waals surface area (Å²) >= 11 is 0. The van der Waals surface area contributed by atoms with E-state index in [0.717, 1.165) is 25.4 Å². The van der Waals surface area contributed by atoms with Crippen LogP contribution in [0.25, 0.3) is 0 Å². The van der Waals surface area contributed by atoms with Gasteiger partial charge >= 0.3 is 6.09 Å². The van der Waals surface area contributed by atoms with E-state index in [0.29, 0.717) is 12.1 Å².